The maximum Gasteiger partial charge on any atom is 0.0499 e. The zero-order valence-corrected chi connectivity index (χ0v) is 8.31. The molecule has 3 heteroatoms. The maximum atomic E-state index is 5.88. The van der Waals surface area contributed by atoms with Crippen LogP contribution in [0.3, 0.4) is 0 Å². The molecule has 70 valence electrons. The quantitative estimate of drug-likeness (QED) is 0.564. The van der Waals surface area contributed by atoms with Crippen molar-refractivity contribution in [2.24, 2.45) is 5.73 Å². The van der Waals surface area contributed by atoms with Gasteiger partial charge in [-0.3, -0.25) is 0 Å². The van der Waals surface area contributed by atoms with Crippen LogP contribution in [0.4, 0.5) is 5.69 Å². The average molecular weight is 197 g/mol. The zero-order valence-electron chi connectivity index (χ0n) is 7.55. The molecule has 0 radical (unpaired) electrons. The lowest BCUT2D eigenvalue weighted by atomic mass is 10.0. The summed E-state index contributed by atoms with van der Waals surface area (Å²) in [6.45, 7) is 5.52. The van der Waals surface area contributed by atoms with Crippen molar-refractivity contribution >= 4 is 17.3 Å². The van der Waals surface area contributed by atoms with Crippen molar-refractivity contribution in [1.82, 2.24) is 0 Å². The van der Waals surface area contributed by atoms with Gasteiger partial charge in [-0.05, 0) is 30.2 Å². The van der Waals surface area contributed by atoms with Crippen molar-refractivity contribution in [2.45, 2.75) is 13.0 Å². The van der Waals surface area contributed by atoms with Crippen LogP contribution in [-0.2, 0) is 0 Å². The van der Waals surface area contributed by atoms with E-state index >= 15 is 0 Å². The maximum absolute atomic E-state index is 5.88. The minimum absolute atomic E-state index is 0.252. The number of nitrogen functional groups attached to an aromatic ring is 1. The van der Waals surface area contributed by atoms with E-state index in [2.05, 4.69) is 6.58 Å². The molecular formula is C10H13ClN2. The summed E-state index contributed by atoms with van der Waals surface area (Å²) < 4.78 is 0. The first-order valence-corrected chi connectivity index (χ1v) is 4.37. The van der Waals surface area contributed by atoms with E-state index in [0.29, 0.717) is 10.7 Å². The molecule has 2 nitrogen and oxygen atoms in total. The molecule has 0 saturated heterocycles. The van der Waals surface area contributed by atoms with E-state index in [1.807, 2.05) is 13.0 Å². The van der Waals surface area contributed by atoms with Crippen molar-refractivity contribution in [3.63, 3.8) is 0 Å². The highest BCUT2D eigenvalue weighted by molar-refractivity contribution is 6.30. The third-order valence-electron chi connectivity index (χ3n) is 2.00. The first-order valence-electron chi connectivity index (χ1n) is 4.00. The Kier molecular flexibility index (Phi) is 2.96. The van der Waals surface area contributed by atoms with E-state index in [1.165, 1.54) is 0 Å². The molecule has 0 aromatic heterocycles. The van der Waals surface area contributed by atoms with Gasteiger partial charge in [-0.25, -0.2) is 0 Å². The van der Waals surface area contributed by atoms with Crippen molar-refractivity contribution < 1.29 is 0 Å². The van der Waals surface area contributed by atoms with Crippen LogP contribution in [0.1, 0.15) is 17.2 Å². The van der Waals surface area contributed by atoms with Crippen molar-refractivity contribution in [1.29, 1.82) is 0 Å². The minimum atomic E-state index is -0.252. The van der Waals surface area contributed by atoms with Gasteiger partial charge in [0, 0.05) is 16.8 Å². The van der Waals surface area contributed by atoms with Gasteiger partial charge in [0.05, 0.1) is 0 Å². The van der Waals surface area contributed by atoms with Crippen LogP contribution in [0.5, 0.6) is 0 Å². The summed E-state index contributed by atoms with van der Waals surface area (Å²) >= 11 is 5.88. The number of halogens is 1. The van der Waals surface area contributed by atoms with Gasteiger partial charge in [0.2, 0.25) is 0 Å². The molecule has 0 unspecified atom stereocenters. The Morgan fingerprint density at radius 1 is 1.54 bits per heavy atom. The molecule has 1 aromatic rings. The van der Waals surface area contributed by atoms with Crippen LogP contribution in [-0.4, -0.2) is 0 Å². The lowest BCUT2D eigenvalue weighted by Gasteiger charge is -2.12. The van der Waals surface area contributed by atoms with E-state index in [9.17, 15) is 0 Å². The Morgan fingerprint density at radius 3 is 2.69 bits per heavy atom. The van der Waals surface area contributed by atoms with Crippen LogP contribution in [0, 0.1) is 6.92 Å². The fourth-order valence-electron chi connectivity index (χ4n) is 1.18. The summed E-state index contributed by atoms with van der Waals surface area (Å²) in [5, 5.41) is 0.652. The minimum Gasteiger partial charge on any atom is -0.398 e. The second kappa shape index (κ2) is 3.81. The van der Waals surface area contributed by atoms with E-state index < -0.39 is 0 Å². The van der Waals surface area contributed by atoms with Gasteiger partial charge in [-0.1, -0.05) is 17.7 Å². The number of aryl methyl sites for hydroxylation is 1. The third-order valence-corrected chi connectivity index (χ3v) is 2.21. The number of benzene rings is 1. The van der Waals surface area contributed by atoms with Crippen LogP contribution < -0.4 is 11.5 Å². The number of anilines is 1. The molecule has 0 spiro atoms. The molecule has 1 atom stereocenters. The van der Waals surface area contributed by atoms with Crippen molar-refractivity contribution in [3.8, 4) is 0 Å². The highest BCUT2D eigenvalue weighted by Crippen LogP contribution is 2.26. The predicted molar refractivity (Wildman–Crippen MR) is 57.7 cm³/mol. The van der Waals surface area contributed by atoms with Crippen LogP contribution in [0.2, 0.25) is 5.02 Å². The Labute approximate surface area is 83.2 Å². The van der Waals surface area contributed by atoms with Gasteiger partial charge in [-0.2, -0.15) is 0 Å². The normalized spacial score (nSPS) is 12.5. The number of nitrogens with two attached hydrogens (primary N) is 2. The Hall–Kier alpha value is -0.990. The molecule has 1 rings (SSSR count). The summed E-state index contributed by atoms with van der Waals surface area (Å²) in [6, 6.07) is 3.34. The summed E-state index contributed by atoms with van der Waals surface area (Å²) in [4.78, 5) is 0. The Morgan fingerprint density at radius 2 is 2.15 bits per heavy atom. The fraction of sp³-hybridized carbons (Fsp3) is 0.200. The molecule has 0 aliphatic heterocycles. The number of hydrogen-bond acceptors (Lipinski definition) is 2. The Bertz CT molecular complexity index is 334. The van der Waals surface area contributed by atoms with Gasteiger partial charge in [0.1, 0.15) is 0 Å². The molecular weight excluding hydrogens is 184 g/mol. The monoisotopic (exact) mass is 196 g/mol. The van der Waals surface area contributed by atoms with Gasteiger partial charge >= 0.3 is 0 Å². The zero-order chi connectivity index (χ0) is 10.0. The Balaban J connectivity index is 3.27. The molecule has 1 aromatic carbocycles. The molecule has 0 amide bonds. The predicted octanol–water partition coefficient (Wildman–Crippen LogP) is 2.42. The summed E-state index contributed by atoms with van der Waals surface area (Å²) in [6.07, 6.45) is 1.64. The summed E-state index contributed by atoms with van der Waals surface area (Å²) in [5.74, 6) is 0. The smallest absolute Gasteiger partial charge is 0.0499 e. The molecule has 0 saturated carbocycles. The largest absolute Gasteiger partial charge is 0.398 e. The van der Waals surface area contributed by atoms with E-state index in [-0.39, 0.29) is 6.04 Å². The second-order valence-electron chi connectivity index (χ2n) is 2.99. The van der Waals surface area contributed by atoms with Crippen LogP contribution >= 0.6 is 11.6 Å². The van der Waals surface area contributed by atoms with Gasteiger partial charge in [0.25, 0.3) is 0 Å². The van der Waals surface area contributed by atoms with Crippen molar-refractivity contribution in [2.75, 3.05) is 5.73 Å². The molecule has 0 bridgehead atoms. The van der Waals surface area contributed by atoms with Gasteiger partial charge in [0.15, 0.2) is 0 Å². The first-order chi connectivity index (χ1) is 6.06. The lowest BCUT2D eigenvalue weighted by molar-refractivity contribution is 0.916. The van der Waals surface area contributed by atoms with Gasteiger partial charge in [-0.15, -0.1) is 6.58 Å². The molecule has 4 N–H and O–H groups in total. The van der Waals surface area contributed by atoms with E-state index in [0.717, 1.165) is 11.1 Å². The highest BCUT2D eigenvalue weighted by atomic mass is 35.5. The second-order valence-corrected chi connectivity index (χ2v) is 3.42. The molecule has 0 aliphatic carbocycles. The lowest BCUT2D eigenvalue weighted by Crippen LogP contribution is -2.10. The van der Waals surface area contributed by atoms with Crippen LogP contribution in [0.15, 0.2) is 24.8 Å². The molecule has 0 fully saturated rings. The SMILES string of the molecule is C=C[C@H](N)c1cc(Cl)cc(C)c1N. The number of rotatable bonds is 2. The highest BCUT2D eigenvalue weighted by Gasteiger charge is 2.08. The van der Waals surface area contributed by atoms with Crippen molar-refractivity contribution in [3.05, 3.63) is 40.9 Å². The van der Waals surface area contributed by atoms with Crippen LogP contribution in [0.25, 0.3) is 0 Å². The molecule has 13 heavy (non-hydrogen) atoms. The average Bonchev–Trinajstić information content (AvgIpc) is 2.10. The standard InChI is InChI=1S/C10H13ClN2/c1-3-9(12)8-5-7(11)4-6(2)10(8)13/h3-5,9H,1,12-13H2,2H3/t9-/m0/s1. The fourth-order valence-corrected chi connectivity index (χ4v) is 1.46. The molecule has 0 heterocycles. The topological polar surface area (TPSA) is 52.0 Å². The van der Waals surface area contributed by atoms with E-state index in [1.54, 1.807) is 12.1 Å². The van der Waals surface area contributed by atoms with E-state index in [4.69, 9.17) is 23.1 Å². The third kappa shape index (κ3) is 2.02. The summed E-state index contributed by atoms with van der Waals surface area (Å²) in [5.41, 5.74) is 14.1. The molecule has 0 aliphatic rings. The number of hydrogen-bond donors (Lipinski definition) is 2. The van der Waals surface area contributed by atoms with Gasteiger partial charge < -0.3 is 11.5 Å². The first kappa shape index (κ1) is 10.1. The summed E-state index contributed by atoms with van der Waals surface area (Å²) in [7, 11) is 0.